The summed E-state index contributed by atoms with van der Waals surface area (Å²) in [5.41, 5.74) is 0. The van der Waals surface area contributed by atoms with Crippen LogP contribution in [0, 0.1) is 0 Å². The van der Waals surface area contributed by atoms with Crippen LogP contribution in [-0.2, 0) is 0 Å². The first-order valence-electron chi connectivity index (χ1n) is 2.17. The van der Waals surface area contributed by atoms with Gasteiger partial charge in [0.05, 0.1) is 0 Å². The van der Waals surface area contributed by atoms with Gasteiger partial charge in [-0.3, -0.25) is 0 Å². The van der Waals surface area contributed by atoms with Gasteiger partial charge in [0.2, 0.25) is 0 Å². The Morgan fingerprint density at radius 1 is 1.71 bits per heavy atom. The maximum absolute atomic E-state index is 4.70. The van der Waals surface area contributed by atoms with Crippen LogP contribution >= 0.6 is 22.6 Å². The minimum Gasteiger partial charge on any atom is -0.314 e. The van der Waals surface area contributed by atoms with E-state index in [4.69, 9.17) is 11.7 Å². The normalized spacial score (nSPS) is 18.7. The molecule has 0 atom stereocenters. The molecule has 0 saturated heterocycles. The van der Waals surface area contributed by atoms with Gasteiger partial charge in [-0.1, -0.05) is 6.08 Å². The first kappa shape index (κ1) is 5.38. The molecule has 7 heavy (non-hydrogen) atoms. The number of hydrogen-bond donors (Lipinski definition) is 0. The average Bonchev–Trinajstić information content (AvgIpc) is 2.14. The Labute approximate surface area is 52.7 Å². The van der Waals surface area contributed by atoms with Crippen LogP contribution in [0.4, 0.5) is 0 Å². The summed E-state index contributed by atoms with van der Waals surface area (Å²) in [6.45, 7) is 1.09. The van der Waals surface area contributed by atoms with Crippen LogP contribution in [0.15, 0.2) is 12.3 Å². The molecule has 0 aliphatic carbocycles. The lowest BCUT2D eigenvalue weighted by Crippen LogP contribution is -1.99. The zero-order valence-electron chi connectivity index (χ0n) is 3.83. The van der Waals surface area contributed by atoms with Crippen molar-refractivity contribution < 1.29 is 0 Å². The second kappa shape index (κ2) is 2.52. The summed E-state index contributed by atoms with van der Waals surface area (Å²) >= 11 is 4.70. The van der Waals surface area contributed by atoms with Crippen molar-refractivity contribution in [3.8, 4) is 0 Å². The maximum atomic E-state index is 4.70. The molecular formula is C4H6NS2. The van der Waals surface area contributed by atoms with Gasteiger partial charge in [0.15, 0.2) is 0 Å². The highest BCUT2D eigenvalue weighted by atomic mass is 33.1. The predicted molar refractivity (Wildman–Crippen MR) is 35.6 cm³/mol. The Balaban J connectivity index is 2.28. The monoisotopic (exact) mass is 132 g/mol. The van der Waals surface area contributed by atoms with Crippen LogP contribution in [0.2, 0.25) is 0 Å². The third-order valence-corrected chi connectivity index (χ3v) is 1.95. The molecule has 1 heterocycles. The Morgan fingerprint density at radius 2 is 2.57 bits per heavy atom. The van der Waals surface area contributed by atoms with E-state index in [1.54, 1.807) is 0 Å². The van der Waals surface area contributed by atoms with Crippen LogP contribution in [0.1, 0.15) is 6.42 Å². The first-order chi connectivity index (χ1) is 3.43. The molecule has 0 fully saturated rings. The Hall–Kier alpha value is 0.240. The highest BCUT2D eigenvalue weighted by molar-refractivity contribution is 8.67. The Kier molecular flexibility index (Phi) is 1.94. The lowest BCUT2D eigenvalue weighted by molar-refractivity contribution is 0.678. The van der Waals surface area contributed by atoms with Crippen molar-refractivity contribution in [1.29, 1.82) is 0 Å². The highest BCUT2D eigenvalue weighted by Gasteiger charge is 2.00. The third kappa shape index (κ3) is 1.31. The molecule has 1 radical (unpaired) electrons. The van der Waals surface area contributed by atoms with E-state index in [1.165, 1.54) is 11.0 Å². The van der Waals surface area contributed by atoms with Crippen molar-refractivity contribution in [1.82, 2.24) is 4.31 Å². The Morgan fingerprint density at radius 3 is 2.86 bits per heavy atom. The van der Waals surface area contributed by atoms with Gasteiger partial charge in [-0.25, -0.2) is 0 Å². The smallest absolute Gasteiger partial charge is 0.0337 e. The van der Waals surface area contributed by atoms with Crippen molar-refractivity contribution in [3.63, 3.8) is 0 Å². The maximum Gasteiger partial charge on any atom is 0.0337 e. The van der Waals surface area contributed by atoms with Gasteiger partial charge < -0.3 is 4.31 Å². The standard InChI is InChI=1S/C4H6NS2/c6-7-5-3-1-2-4-5/h1,3H,2,4H2. The van der Waals surface area contributed by atoms with Crippen LogP contribution in [0.5, 0.6) is 0 Å². The molecule has 1 aliphatic heterocycles. The molecule has 0 aromatic heterocycles. The molecule has 0 spiro atoms. The fraction of sp³-hybridized carbons (Fsp3) is 0.500. The summed E-state index contributed by atoms with van der Waals surface area (Å²) in [5.74, 6) is 0. The van der Waals surface area contributed by atoms with E-state index in [2.05, 4.69) is 6.08 Å². The topological polar surface area (TPSA) is 3.24 Å². The summed E-state index contributed by atoms with van der Waals surface area (Å²) in [6, 6.07) is 0. The molecule has 0 aromatic rings. The van der Waals surface area contributed by atoms with E-state index in [1.807, 2.05) is 10.5 Å². The molecule has 0 aromatic carbocycles. The Bertz CT molecular complexity index is 81.8. The predicted octanol–water partition coefficient (Wildman–Crippen LogP) is 1.97. The van der Waals surface area contributed by atoms with Crippen molar-refractivity contribution in [2.75, 3.05) is 6.54 Å². The second-order valence-electron chi connectivity index (χ2n) is 1.39. The summed E-state index contributed by atoms with van der Waals surface area (Å²) in [7, 11) is 1.36. The number of hydrogen-bond acceptors (Lipinski definition) is 2. The molecular weight excluding hydrogens is 126 g/mol. The van der Waals surface area contributed by atoms with Crippen LogP contribution < -0.4 is 0 Å². The number of rotatable bonds is 1. The van der Waals surface area contributed by atoms with Gasteiger partial charge in [0.25, 0.3) is 0 Å². The van der Waals surface area contributed by atoms with Crippen molar-refractivity contribution in [3.05, 3.63) is 12.3 Å². The van der Waals surface area contributed by atoms with Crippen molar-refractivity contribution in [2.24, 2.45) is 0 Å². The number of nitrogens with zero attached hydrogens (tertiary/aromatic N) is 1. The van der Waals surface area contributed by atoms with Crippen molar-refractivity contribution >= 4 is 22.6 Å². The fourth-order valence-electron chi connectivity index (χ4n) is 0.531. The van der Waals surface area contributed by atoms with E-state index in [-0.39, 0.29) is 0 Å². The van der Waals surface area contributed by atoms with Crippen LogP contribution in [0.3, 0.4) is 0 Å². The second-order valence-corrected chi connectivity index (χ2v) is 2.45. The highest BCUT2D eigenvalue weighted by Crippen LogP contribution is 2.18. The molecule has 0 N–H and O–H groups in total. The molecule has 3 heteroatoms. The lowest BCUT2D eigenvalue weighted by Gasteiger charge is -2.05. The third-order valence-electron chi connectivity index (χ3n) is 0.884. The van der Waals surface area contributed by atoms with Gasteiger partial charge >= 0.3 is 0 Å². The van der Waals surface area contributed by atoms with E-state index < -0.39 is 0 Å². The fourth-order valence-corrected chi connectivity index (χ4v) is 1.22. The lowest BCUT2D eigenvalue weighted by atomic mass is 10.5. The summed E-state index contributed by atoms with van der Waals surface area (Å²) in [6.07, 6.45) is 5.31. The van der Waals surface area contributed by atoms with Gasteiger partial charge in [-0.2, -0.15) is 0 Å². The minimum absolute atomic E-state index is 1.09. The molecule has 0 unspecified atom stereocenters. The molecule has 1 rings (SSSR count). The van der Waals surface area contributed by atoms with E-state index in [0.29, 0.717) is 0 Å². The summed E-state index contributed by atoms with van der Waals surface area (Å²) in [4.78, 5) is 0. The summed E-state index contributed by atoms with van der Waals surface area (Å²) < 4.78 is 2.04. The van der Waals surface area contributed by atoms with Crippen LogP contribution in [0.25, 0.3) is 0 Å². The molecule has 39 valence electrons. The van der Waals surface area contributed by atoms with E-state index in [9.17, 15) is 0 Å². The van der Waals surface area contributed by atoms with Crippen LogP contribution in [-0.4, -0.2) is 10.8 Å². The van der Waals surface area contributed by atoms with Gasteiger partial charge in [0.1, 0.15) is 0 Å². The minimum atomic E-state index is 1.09. The average molecular weight is 132 g/mol. The largest absolute Gasteiger partial charge is 0.314 e. The molecule has 0 amide bonds. The van der Waals surface area contributed by atoms with Gasteiger partial charge in [-0.05, 0) is 6.42 Å². The zero-order valence-corrected chi connectivity index (χ0v) is 5.47. The first-order valence-corrected chi connectivity index (χ1v) is 3.86. The SMILES string of the molecule is [S]SN1C=CCC1. The van der Waals surface area contributed by atoms with E-state index in [0.717, 1.165) is 13.0 Å². The quantitative estimate of drug-likeness (QED) is 0.396. The van der Waals surface area contributed by atoms with Gasteiger partial charge in [0, 0.05) is 35.4 Å². The molecule has 0 bridgehead atoms. The van der Waals surface area contributed by atoms with E-state index >= 15 is 0 Å². The van der Waals surface area contributed by atoms with Gasteiger partial charge in [-0.15, -0.1) is 0 Å². The zero-order chi connectivity index (χ0) is 5.11. The van der Waals surface area contributed by atoms with Crippen molar-refractivity contribution in [2.45, 2.75) is 6.42 Å². The molecule has 1 aliphatic rings. The molecule has 0 saturated carbocycles. The summed E-state index contributed by atoms with van der Waals surface area (Å²) in [5, 5.41) is 0. The molecule has 1 nitrogen and oxygen atoms in total.